The Bertz CT molecular complexity index is 1030. The molecule has 0 spiro atoms. The topological polar surface area (TPSA) is 86.8 Å². The second-order valence-electron chi connectivity index (χ2n) is 7.09. The summed E-state index contributed by atoms with van der Waals surface area (Å²) >= 11 is 0. The number of fused-ring (bicyclic) bond motifs is 1. The number of nitrogens with one attached hydrogen (secondary N) is 2. The van der Waals surface area contributed by atoms with Gasteiger partial charge in [0, 0.05) is 31.0 Å². The minimum absolute atomic E-state index is 0.0508. The van der Waals surface area contributed by atoms with E-state index in [1.54, 1.807) is 7.05 Å². The molecule has 1 saturated carbocycles. The number of carbonyl (C=O) groups excluding carboxylic acids is 1. The van der Waals surface area contributed by atoms with Gasteiger partial charge in [-0.05, 0) is 30.4 Å². The number of para-hydroxylation sites is 1. The molecule has 1 amide bonds. The van der Waals surface area contributed by atoms with Gasteiger partial charge >= 0.3 is 5.69 Å². The van der Waals surface area contributed by atoms with Crippen LogP contribution >= 0.6 is 0 Å². The number of rotatable bonds is 3. The zero-order valence-electron chi connectivity index (χ0n) is 14.0. The number of aromatic amines is 2. The molecule has 1 saturated heterocycles. The average Bonchev–Trinajstić information content (AvgIpc) is 3.26. The molecule has 0 bridgehead atoms. The maximum Gasteiger partial charge on any atom is 0.343 e. The van der Waals surface area contributed by atoms with E-state index in [1.807, 2.05) is 23.1 Å². The summed E-state index contributed by atoms with van der Waals surface area (Å²) in [6.45, 7) is 1.19. The molecule has 2 fully saturated rings. The fraction of sp³-hybridized carbons (Fsp3) is 0.389. The van der Waals surface area contributed by atoms with E-state index in [9.17, 15) is 9.59 Å². The molecular weight excluding hydrogens is 318 g/mol. The van der Waals surface area contributed by atoms with Gasteiger partial charge in [-0.2, -0.15) is 5.10 Å². The first-order valence-corrected chi connectivity index (χ1v) is 8.64. The average molecular weight is 337 g/mol. The van der Waals surface area contributed by atoms with Crippen LogP contribution < -0.4 is 5.69 Å². The fourth-order valence-electron chi connectivity index (χ4n) is 3.82. The van der Waals surface area contributed by atoms with Crippen molar-refractivity contribution in [1.29, 1.82) is 0 Å². The number of carbonyl (C=O) groups is 1. The number of hydrogen-bond acceptors (Lipinski definition) is 3. The van der Waals surface area contributed by atoms with E-state index in [-0.39, 0.29) is 17.5 Å². The second-order valence-corrected chi connectivity index (χ2v) is 7.09. The van der Waals surface area contributed by atoms with Gasteiger partial charge < -0.3 is 9.88 Å². The lowest BCUT2D eigenvalue weighted by molar-refractivity contribution is 0.0585. The van der Waals surface area contributed by atoms with E-state index in [0.717, 1.165) is 24.1 Å². The summed E-state index contributed by atoms with van der Waals surface area (Å²) in [5, 5.41) is 7.70. The van der Waals surface area contributed by atoms with Crippen LogP contribution in [0.25, 0.3) is 10.9 Å². The van der Waals surface area contributed by atoms with Crippen LogP contribution in [0.3, 0.4) is 0 Å². The van der Waals surface area contributed by atoms with Crippen molar-refractivity contribution >= 4 is 16.8 Å². The largest absolute Gasteiger partial charge is 0.350 e. The van der Waals surface area contributed by atoms with Gasteiger partial charge in [0.15, 0.2) is 0 Å². The molecule has 128 valence electrons. The van der Waals surface area contributed by atoms with Crippen molar-refractivity contribution in [2.45, 2.75) is 24.7 Å². The fourth-order valence-corrected chi connectivity index (χ4v) is 3.82. The monoisotopic (exact) mass is 337 g/mol. The molecule has 1 aliphatic heterocycles. The SMILES string of the molecule is Cn1c(C2CN(C(=O)c3[nH]c4ccccc4c3C3CC3)C2)n[nH]c1=O. The van der Waals surface area contributed by atoms with E-state index in [1.165, 1.54) is 15.5 Å². The normalized spacial score (nSPS) is 17.9. The van der Waals surface area contributed by atoms with Crippen LogP contribution in [0.5, 0.6) is 0 Å². The Kier molecular flexibility index (Phi) is 2.95. The molecule has 3 heterocycles. The Morgan fingerprint density at radius 2 is 1.96 bits per heavy atom. The van der Waals surface area contributed by atoms with Gasteiger partial charge in [-0.1, -0.05) is 18.2 Å². The molecule has 7 nitrogen and oxygen atoms in total. The van der Waals surface area contributed by atoms with Gasteiger partial charge in [0.05, 0.1) is 5.92 Å². The van der Waals surface area contributed by atoms with Crippen LogP contribution in [-0.2, 0) is 7.05 Å². The zero-order valence-corrected chi connectivity index (χ0v) is 14.0. The summed E-state index contributed by atoms with van der Waals surface area (Å²) in [5.41, 5.74) is 2.72. The molecule has 3 aromatic rings. The van der Waals surface area contributed by atoms with Crippen LogP contribution in [0.4, 0.5) is 0 Å². The summed E-state index contributed by atoms with van der Waals surface area (Å²) in [6, 6.07) is 8.13. The minimum Gasteiger partial charge on any atom is -0.350 e. The molecule has 0 unspecified atom stereocenters. The predicted molar refractivity (Wildman–Crippen MR) is 92.7 cm³/mol. The van der Waals surface area contributed by atoms with Gasteiger partial charge in [0.25, 0.3) is 5.91 Å². The van der Waals surface area contributed by atoms with E-state index < -0.39 is 0 Å². The molecule has 2 aliphatic rings. The van der Waals surface area contributed by atoms with Crippen molar-refractivity contribution in [1.82, 2.24) is 24.6 Å². The van der Waals surface area contributed by atoms with Gasteiger partial charge in [-0.15, -0.1) is 0 Å². The summed E-state index contributed by atoms with van der Waals surface area (Å²) in [5.74, 6) is 1.38. The third kappa shape index (κ3) is 2.15. The standard InChI is InChI=1S/C18H19N5O2/c1-22-16(20-21-18(22)25)11-8-23(9-11)17(24)15-14(10-6-7-10)12-4-2-3-5-13(12)19-15/h2-5,10-11,19H,6-9H2,1H3,(H,21,25). The number of hydrogen-bond donors (Lipinski definition) is 2. The predicted octanol–water partition coefficient (Wildman–Crippen LogP) is 1.71. The lowest BCUT2D eigenvalue weighted by atomic mass is 9.97. The first-order chi connectivity index (χ1) is 12.1. The molecule has 7 heteroatoms. The van der Waals surface area contributed by atoms with Crippen molar-refractivity contribution in [2.75, 3.05) is 13.1 Å². The quantitative estimate of drug-likeness (QED) is 0.763. The molecule has 2 N–H and O–H groups in total. The summed E-state index contributed by atoms with van der Waals surface area (Å²) in [6.07, 6.45) is 2.31. The van der Waals surface area contributed by atoms with E-state index in [0.29, 0.717) is 24.8 Å². The second kappa shape index (κ2) is 5.08. The summed E-state index contributed by atoms with van der Waals surface area (Å²) in [7, 11) is 1.70. The third-order valence-corrected chi connectivity index (χ3v) is 5.39. The molecular formula is C18H19N5O2. The Hall–Kier alpha value is -2.83. The first kappa shape index (κ1) is 14.5. The molecule has 25 heavy (non-hydrogen) atoms. The van der Waals surface area contributed by atoms with Gasteiger partial charge in [-0.3, -0.25) is 9.36 Å². The molecule has 5 rings (SSSR count). The van der Waals surface area contributed by atoms with E-state index in [4.69, 9.17) is 0 Å². The lowest BCUT2D eigenvalue weighted by Gasteiger charge is -2.38. The van der Waals surface area contributed by atoms with Gasteiger partial charge in [0.1, 0.15) is 11.5 Å². The highest BCUT2D eigenvalue weighted by molar-refractivity contribution is 6.02. The van der Waals surface area contributed by atoms with Crippen LogP contribution in [-0.4, -0.2) is 43.6 Å². The highest BCUT2D eigenvalue weighted by Gasteiger charge is 2.39. The summed E-state index contributed by atoms with van der Waals surface area (Å²) < 4.78 is 1.52. The molecule has 2 aromatic heterocycles. The first-order valence-electron chi connectivity index (χ1n) is 8.64. The van der Waals surface area contributed by atoms with Crippen molar-refractivity contribution in [3.63, 3.8) is 0 Å². The van der Waals surface area contributed by atoms with Gasteiger partial charge in [0.2, 0.25) is 0 Å². The molecule has 0 atom stereocenters. The third-order valence-electron chi connectivity index (χ3n) is 5.39. The Morgan fingerprint density at radius 3 is 2.64 bits per heavy atom. The van der Waals surface area contributed by atoms with Crippen LogP contribution in [0.1, 0.15) is 46.6 Å². The number of nitrogens with zero attached hydrogens (tertiary/aromatic N) is 3. The minimum atomic E-state index is -0.216. The van der Waals surface area contributed by atoms with Crippen molar-refractivity contribution in [3.05, 3.63) is 51.8 Å². The van der Waals surface area contributed by atoms with Crippen molar-refractivity contribution < 1.29 is 4.79 Å². The number of likely N-dealkylation sites (tertiary alicyclic amines) is 1. The number of H-pyrrole nitrogens is 2. The number of aromatic nitrogens is 4. The van der Waals surface area contributed by atoms with Crippen molar-refractivity contribution in [2.24, 2.45) is 7.05 Å². The number of amides is 1. The maximum absolute atomic E-state index is 13.0. The van der Waals surface area contributed by atoms with Crippen LogP contribution in [0.15, 0.2) is 29.1 Å². The Balaban J connectivity index is 1.43. The Morgan fingerprint density at radius 1 is 1.20 bits per heavy atom. The van der Waals surface area contributed by atoms with E-state index >= 15 is 0 Å². The van der Waals surface area contributed by atoms with Crippen molar-refractivity contribution in [3.8, 4) is 0 Å². The smallest absolute Gasteiger partial charge is 0.343 e. The lowest BCUT2D eigenvalue weighted by Crippen LogP contribution is -2.49. The van der Waals surface area contributed by atoms with Crippen LogP contribution in [0.2, 0.25) is 0 Å². The highest BCUT2D eigenvalue weighted by atomic mass is 16.2. The van der Waals surface area contributed by atoms with Crippen LogP contribution in [0, 0.1) is 0 Å². The zero-order chi connectivity index (χ0) is 17.1. The van der Waals surface area contributed by atoms with E-state index in [2.05, 4.69) is 21.2 Å². The maximum atomic E-state index is 13.0. The molecule has 0 radical (unpaired) electrons. The highest BCUT2D eigenvalue weighted by Crippen LogP contribution is 2.45. The number of benzene rings is 1. The molecule has 1 aliphatic carbocycles. The van der Waals surface area contributed by atoms with Gasteiger partial charge in [-0.25, -0.2) is 9.89 Å². The summed E-state index contributed by atoms with van der Waals surface area (Å²) in [4.78, 5) is 29.7. The molecule has 1 aromatic carbocycles. The Labute approximate surface area is 143 Å².